The third kappa shape index (κ3) is 7.92. The van der Waals surface area contributed by atoms with E-state index in [1.807, 2.05) is 23.9 Å². The van der Waals surface area contributed by atoms with Gasteiger partial charge in [-0.25, -0.2) is 0 Å². The van der Waals surface area contributed by atoms with Crippen molar-refractivity contribution in [3.8, 4) is 5.75 Å². The van der Waals surface area contributed by atoms with Gasteiger partial charge in [0.25, 0.3) is 0 Å². The fourth-order valence-corrected chi connectivity index (χ4v) is 4.10. The van der Waals surface area contributed by atoms with E-state index in [0.29, 0.717) is 13.2 Å². The van der Waals surface area contributed by atoms with Gasteiger partial charge in [0.05, 0.1) is 6.54 Å². The molecule has 26 heavy (non-hydrogen) atoms. The lowest BCUT2D eigenvalue weighted by atomic mass is 9.99. The summed E-state index contributed by atoms with van der Waals surface area (Å²) in [5, 5.41) is 6.80. The van der Waals surface area contributed by atoms with Gasteiger partial charge in [-0.1, -0.05) is 24.6 Å². The van der Waals surface area contributed by atoms with Crippen molar-refractivity contribution >= 4 is 41.7 Å². The van der Waals surface area contributed by atoms with Gasteiger partial charge in [0.1, 0.15) is 12.4 Å². The summed E-state index contributed by atoms with van der Waals surface area (Å²) in [6.45, 7) is 8.22. The first-order valence-electron chi connectivity index (χ1n) is 9.03. The Bertz CT molecular complexity index is 529. The first-order valence-corrected chi connectivity index (χ1v) is 10.0. The lowest BCUT2D eigenvalue weighted by molar-refractivity contribution is 0.0782. The SMILES string of the molecule is CCSC1(CNC(=NC)NCCOc2ccc(C)cc2)CCOCC1.I. The number of guanidine groups is 1. The molecule has 0 unspecified atom stereocenters. The number of nitrogens with zero attached hydrogens (tertiary/aromatic N) is 1. The van der Waals surface area contributed by atoms with Crippen LogP contribution in [-0.2, 0) is 4.74 Å². The molecule has 2 rings (SSSR count). The van der Waals surface area contributed by atoms with E-state index < -0.39 is 0 Å². The van der Waals surface area contributed by atoms with Gasteiger partial charge in [0.15, 0.2) is 5.96 Å². The monoisotopic (exact) mass is 493 g/mol. The van der Waals surface area contributed by atoms with Crippen LogP contribution in [0.15, 0.2) is 29.3 Å². The highest BCUT2D eigenvalue weighted by molar-refractivity contribution is 14.0. The number of hydrogen-bond acceptors (Lipinski definition) is 4. The number of halogens is 1. The molecule has 0 bridgehead atoms. The predicted molar refractivity (Wildman–Crippen MR) is 122 cm³/mol. The third-order valence-electron chi connectivity index (χ3n) is 4.34. The molecule has 0 atom stereocenters. The third-order valence-corrected chi connectivity index (χ3v) is 5.79. The highest BCUT2D eigenvalue weighted by Crippen LogP contribution is 2.34. The van der Waals surface area contributed by atoms with E-state index in [1.54, 1.807) is 7.05 Å². The lowest BCUT2D eigenvalue weighted by Gasteiger charge is -2.37. The second-order valence-electron chi connectivity index (χ2n) is 6.24. The molecule has 1 aliphatic rings. The Kier molecular flexibility index (Phi) is 11.4. The van der Waals surface area contributed by atoms with Crippen LogP contribution in [0.5, 0.6) is 5.75 Å². The van der Waals surface area contributed by atoms with Crippen LogP contribution < -0.4 is 15.4 Å². The van der Waals surface area contributed by atoms with E-state index in [-0.39, 0.29) is 28.7 Å². The number of benzene rings is 1. The van der Waals surface area contributed by atoms with Gasteiger partial charge >= 0.3 is 0 Å². The minimum Gasteiger partial charge on any atom is -0.492 e. The molecule has 1 heterocycles. The molecule has 0 amide bonds. The zero-order chi connectivity index (χ0) is 18.0. The van der Waals surface area contributed by atoms with Crippen molar-refractivity contribution in [1.82, 2.24) is 10.6 Å². The topological polar surface area (TPSA) is 54.9 Å². The molecule has 1 fully saturated rings. The molecule has 1 saturated heterocycles. The minimum atomic E-state index is 0. The number of aryl methyl sites for hydroxylation is 1. The molecule has 1 aromatic carbocycles. The normalized spacial score (nSPS) is 16.5. The largest absolute Gasteiger partial charge is 0.492 e. The Morgan fingerprint density at radius 3 is 2.54 bits per heavy atom. The summed E-state index contributed by atoms with van der Waals surface area (Å²) in [5.74, 6) is 2.85. The zero-order valence-electron chi connectivity index (χ0n) is 16.0. The van der Waals surface area contributed by atoms with Gasteiger partial charge < -0.3 is 20.1 Å². The first-order chi connectivity index (χ1) is 12.2. The quantitative estimate of drug-likeness (QED) is 0.252. The molecule has 1 aromatic rings. The van der Waals surface area contributed by atoms with Crippen LogP contribution in [0.4, 0.5) is 0 Å². The van der Waals surface area contributed by atoms with Crippen LogP contribution in [0.2, 0.25) is 0 Å². The maximum Gasteiger partial charge on any atom is 0.191 e. The predicted octanol–water partition coefficient (Wildman–Crippen LogP) is 3.46. The molecule has 0 saturated carbocycles. The summed E-state index contributed by atoms with van der Waals surface area (Å²) < 4.78 is 11.5. The maximum atomic E-state index is 5.74. The van der Waals surface area contributed by atoms with Crippen molar-refractivity contribution in [2.24, 2.45) is 4.99 Å². The van der Waals surface area contributed by atoms with E-state index in [9.17, 15) is 0 Å². The summed E-state index contributed by atoms with van der Waals surface area (Å²) in [5.41, 5.74) is 1.24. The summed E-state index contributed by atoms with van der Waals surface area (Å²) in [7, 11) is 1.81. The average molecular weight is 493 g/mol. The Morgan fingerprint density at radius 1 is 1.23 bits per heavy atom. The molecule has 0 spiro atoms. The zero-order valence-corrected chi connectivity index (χ0v) is 19.2. The highest BCUT2D eigenvalue weighted by atomic mass is 127. The molecule has 7 heteroatoms. The number of aliphatic imine (C=N–C) groups is 1. The molecule has 2 N–H and O–H groups in total. The summed E-state index contributed by atoms with van der Waals surface area (Å²) in [6.07, 6.45) is 2.18. The van der Waals surface area contributed by atoms with Crippen molar-refractivity contribution in [3.05, 3.63) is 29.8 Å². The molecular formula is C19H32IN3O2S. The highest BCUT2D eigenvalue weighted by Gasteiger charge is 2.32. The smallest absolute Gasteiger partial charge is 0.191 e. The molecule has 148 valence electrons. The second-order valence-corrected chi connectivity index (χ2v) is 7.97. The number of rotatable bonds is 8. The fourth-order valence-electron chi connectivity index (χ4n) is 2.86. The Balaban J connectivity index is 0.00000338. The van der Waals surface area contributed by atoms with Crippen LogP contribution in [0.1, 0.15) is 25.3 Å². The van der Waals surface area contributed by atoms with Crippen LogP contribution in [0.3, 0.4) is 0 Å². The van der Waals surface area contributed by atoms with Crippen LogP contribution >= 0.6 is 35.7 Å². The Hall–Kier alpha value is -0.670. The van der Waals surface area contributed by atoms with Crippen molar-refractivity contribution < 1.29 is 9.47 Å². The van der Waals surface area contributed by atoms with Gasteiger partial charge in [-0.3, -0.25) is 4.99 Å². The molecule has 0 radical (unpaired) electrons. The van der Waals surface area contributed by atoms with Crippen LogP contribution in [0.25, 0.3) is 0 Å². The summed E-state index contributed by atoms with van der Waals surface area (Å²) in [4.78, 5) is 4.32. The van der Waals surface area contributed by atoms with E-state index in [2.05, 4.69) is 41.6 Å². The van der Waals surface area contributed by atoms with Gasteiger partial charge in [-0.15, -0.1) is 24.0 Å². The first kappa shape index (κ1) is 23.4. The summed E-state index contributed by atoms with van der Waals surface area (Å²) >= 11 is 2.03. The minimum absolute atomic E-state index is 0. The fraction of sp³-hybridized carbons (Fsp3) is 0.632. The van der Waals surface area contributed by atoms with E-state index in [0.717, 1.165) is 50.1 Å². The molecule has 5 nitrogen and oxygen atoms in total. The molecule has 0 aromatic heterocycles. The van der Waals surface area contributed by atoms with Gasteiger partial charge in [0.2, 0.25) is 0 Å². The van der Waals surface area contributed by atoms with Gasteiger partial charge in [-0.2, -0.15) is 11.8 Å². The molecule has 0 aliphatic carbocycles. The van der Waals surface area contributed by atoms with E-state index >= 15 is 0 Å². The van der Waals surface area contributed by atoms with Crippen LogP contribution in [-0.4, -0.2) is 56.4 Å². The molecular weight excluding hydrogens is 461 g/mol. The lowest BCUT2D eigenvalue weighted by Crippen LogP contribution is -2.48. The van der Waals surface area contributed by atoms with Crippen LogP contribution in [0, 0.1) is 6.92 Å². The van der Waals surface area contributed by atoms with Crippen molar-refractivity contribution in [2.75, 3.05) is 45.7 Å². The van der Waals surface area contributed by atoms with Gasteiger partial charge in [-0.05, 0) is 37.7 Å². The Labute approximate surface area is 179 Å². The summed E-state index contributed by atoms with van der Waals surface area (Å²) in [6, 6.07) is 8.11. The molecule has 1 aliphatic heterocycles. The van der Waals surface area contributed by atoms with Crippen molar-refractivity contribution in [3.63, 3.8) is 0 Å². The number of thioether (sulfide) groups is 1. The standard InChI is InChI=1S/C19H31N3O2S.HI/c1-4-25-19(9-12-23-13-10-19)15-22-18(20-3)21-11-14-24-17-7-5-16(2)6-8-17;/h5-8H,4,9-15H2,1-3H3,(H2,20,21,22);1H. The number of ether oxygens (including phenoxy) is 2. The average Bonchev–Trinajstić information content (AvgIpc) is 2.64. The van der Waals surface area contributed by atoms with Crippen molar-refractivity contribution in [1.29, 1.82) is 0 Å². The Morgan fingerprint density at radius 2 is 1.92 bits per heavy atom. The number of hydrogen-bond donors (Lipinski definition) is 2. The van der Waals surface area contributed by atoms with E-state index in [1.165, 1.54) is 5.56 Å². The van der Waals surface area contributed by atoms with Gasteiger partial charge in [0, 0.05) is 31.6 Å². The maximum absolute atomic E-state index is 5.74. The van der Waals surface area contributed by atoms with Crippen molar-refractivity contribution in [2.45, 2.75) is 31.4 Å². The van der Waals surface area contributed by atoms with E-state index in [4.69, 9.17) is 9.47 Å². The second kappa shape index (κ2) is 12.7. The number of nitrogens with one attached hydrogen (secondary N) is 2.